The summed E-state index contributed by atoms with van der Waals surface area (Å²) in [6.45, 7) is 3.86. The van der Waals surface area contributed by atoms with Gasteiger partial charge in [0.1, 0.15) is 0 Å². The van der Waals surface area contributed by atoms with Crippen LogP contribution >= 0.6 is 0 Å². The lowest BCUT2D eigenvalue weighted by Gasteiger charge is -2.10. The zero-order chi connectivity index (χ0) is 12.8. The Morgan fingerprint density at radius 1 is 1.21 bits per heavy atom. The largest absolute Gasteiger partial charge is 0.307 e. The Kier molecular flexibility index (Phi) is 2.38. The van der Waals surface area contributed by atoms with Gasteiger partial charge in [-0.1, -0.05) is 0 Å². The number of fused-ring (bicyclic) bond motifs is 1. The van der Waals surface area contributed by atoms with Crippen LogP contribution in [0.3, 0.4) is 0 Å². The van der Waals surface area contributed by atoms with E-state index in [0.29, 0.717) is 5.92 Å². The molecule has 0 unspecified atom stereocenters. The summed E-state index contributed by atoms with van der Waals surface area (Å²) >= 11 is 0. The molecular formula is C15H16N4. The van der Waals surface area contributed by atoms with Crippen molar-refractivity contribution in [1.29, 1.82) is 0 Å². The zero-order valence-corrected chi connectivity index (χ0v) is 11.0. The third-order valence-corrected chi connectivity index (χ3v) is 3.94. The normalized spacial score (nSPS) is 17.5. The van der Waals surface area contributed by atoms with Crippen LogP contribution < -0.4 is 5.32 Å². The monoisotopic (exact) mass is 252 g/mol. The number of aryl methyl sites for hydroxylation is 1. The van der Waals surface area contributed by atoms with Gasteiger partial charge in [0.2, 0.25) is 0 Å². The number of nitrogens with one attached hydrogen (secondary N) is 1. The van der Waals surface area contributed by atoms with E-state index in [1.165, 1.54) is 29.8 Å². The van der Waals surface area contributed by atoms with Gasteiger partial charge < -0.3 is 5.32 Å². The molecule has 4 nitrogen and oxygen atoms in total. The van der Waals surface area contributed by atoms with Gasteiger partial charge in [0, 0.05) is 42.5 Å². The predicted molar refractivity (Wildman–Crippen MR) is 72.5 cm³/mol. The number of hydrogen-bond acceptors (Lipinski definition) is 4. The third-order valence-electron chi connectivity index (χ3n) is 3.94. The molecule has 1 aliphatic carbocycles. The quantitative estimate of drug-likeness (QED) is 0.891. The van der Waals surface area contributed by atoms with Crippen molar-refractivity contribution in [1.82, 2.24) is 20.3 Å². The maximum Gasteiger partial charge on any atom is 0.160 e. The minimum absolute atomic E-state index is 0.664. The molecule has 0 saturated heterocycles. The summed E-state index contributed by atoms with van der Waals surface area (Å²) in [4.78, 5) is 13.8. The van der Waals surface area contributed by atoms with Gasteiger partial charge in [-0.2, -0.15) is 0 Å². The fourth-order valence-corrected chi connectivity index (χ4v) is 2.73. The maximum atomic E-state index is 4.86. The van der Waals surface area contributed by atoms with Gasteiger partial charge in [-0.3, -0.25) is 4.98 Å². The van der Waals surface area contributed by atoms with E-state index in [1.54, 1.807) is 0 Å². The van der Waals surface area contributed by atoms with Crippen LogP contribution in [0.1, 0.15) is 41.3 Å². The number of nitrogens with zero attached hydrogens (tertiary/aromatic N) is 3. The minimum Gasteiger partial charge on any atom is -0.307 e. The van der Waals surface area contributed by atoms with Gasteiger partial charge in [0.15, 0.2) is 5.82 Å². The highest BCUT2D eigenvalue weighted by atomic mass is 15.0. The van der Waals surface area contributed by atoms with Crippen molar-refractivity contribution in [3.63, 3.8) is 0 Å². The second kappa shape index (κ2) is 4.10. The van der Waals surface area contributed by atoms with E-state index in [-0.39, 0.29) is 0 Å². The van der Waals surface area contributed by atoms with Crippen molar-refractivity contribution in [2.24, 2.45) is 0 Å². The lowest BCUT2D eigenvalue weighted by atomic mass is 10.1. The Balaban J connectivity index is 1.90. The third kappa shape index (κ3) is 1.83. The Morgan fingerprint density at radius 3 is 2.89 bits per heavy atom. The van der Waals surface area contributed by atoms with Crippen LogP contribution in [0, 0.1) is 6.92 Å². The van der Waals surface area contributed by atoms with E-state index < -0.39 is 0 Å². The summed E-state index contributed by atoms with van der Waals surface area (Å²) < 4.78 is 0. The van der Waals surface area contributed by atoms with Gasteiger partial charge >= 0.3 is 0 Å². The van der Waals surface area contributed by atoms with Crippen LogP contribution in [-0.2, 0) is 13.1 Å². The van der Waals surface area contributed by atoms with Gasteiger partial charge in [-0.25, -0.2) is 9.97 Å². The van der Waals surface area contributed by atoms with Crippen molar-refractivity contribution >= 4 is 0 Å². The standard InChI is InChI=1S/C15H16N4/c1-9-6-16-5-4-11(9)15-18-13-8-17-7-12(13)14(19-15)10-2-3-10/h4-6,10,17H,2-3,7-8H2,1H3. The van der Waals surface area contributed by atoms with E-state index in [1.807, 2.05) is 18.5 Å². The molecule has 0 spiro atoms. The van der Waals surface area contributed by atoms with Crippen LogP contribution in [0.15, 0.2) is 18.5 Å². The second-order valence-electron chi connectivity index (χ2n) is 5.43. The highest BCUT2D eigenvalue weighted by molar-refractivity contribution is 5.60. The summed E-state index contributed by atoms with van der Waals surface area (Å²) in [5.41, 5.74) is 6.05. The summed E-state index contributed by atoms with van der Waals surface area (Å²) in [7, 11) is 0. The topological polar surface area (TPSA) is 50.7 Å². The molecule has 3 heterocycles. The molecule has 4 heteroatoms. The molecule has 0 radical (unpaired) electrons. The molecule has 2 aromatic heterocycles. The molecule has 1 aliphatic heterocycles. The number of rotatable bonds is 2. The Labute approximate surface area is 112 Å². The summed E-state index contributed by atoms with van der Waals surface area (Å²) in [6, 6.07) is 2.01. The van der Waals surface area contributed by atoms with E-state index in [4.69, 9.17) is 9.97 Å². The molecule has 1 saturated carbocycles. The van der Waals surface area contributed by atoms with Crippen LogP contribution in [0.2, 0.25) is 0 Å². The van der Waals surface area contributed by atoms with Crippen LogP contribution in [0.5, 0.6) is 0 Å². The van der Waals surface area contributed by atoms with Crippen molar-refractivity contribution in [2.45, 2.75) is 38.8 Å². The first kappa shape index (κ1) is 11.1. The van der Waals surface area contributed by atoms with Gasteiger partial charge in [0.05, 0.1) is 11.4 Å². The fourth-order valence-electron chi connectivity index (χ4n) is 2.73. The first-order valence-electron chi connectivity index (χ1n) is 6.84. The van der Waals surface area contributed by atoms with Crippen molar-refractivity contribution in [3.05, 3.63) is 41.0 Å². The molecule has 1 fully saturated rings. The smallest absolute Gasteiger partial charge is 0.160 e. The van der Waals surface area contributed by atoms with Gasteiger partial charge in [0.25, 0.3) is 0 Å². The molecule has 96 valence electrons. The van der Waals surface area contributed by atoms with Crippen molar-refractivity contribution in [2.75, 3.05) is 0 Å². The SMILES string of the molecule is Cc1cnccc1-c1nc2c(c(C3CC3)n1)CNC2. The number of pyridine rings is 1. The Hall–Kier alpha value is -1.81. The van der Waals surface area contributed by atoms with Crippen LogP contribution in [0.25, 0.3) is 11.4 Å². The van der Waals surface area contributed by atoms with E-state index in [2.05, 4.69) is 17.2 Å². The highest BCUT2D eigenvalue weighted by Gasteiger charge is 2.31. The number of hydrogen-bond donors (Lipinski definition) is 1. The first-order valence-corrected chi connectivity index (χ1v) is 6.84. The van der Waals surface area contributed by atoms with E-state index in [0.717, 1.165) is 30.0 Å². The average Bonchev–Trinajstić information content (AvgIpc) is 3.16. The Morgan fingerprint density at radius 2 is 2.11 bits per heavy atom. The molecule has 2 aromatic rings. The van der Waals surface area contributed by atoms with E-state index >= 15 is 0 Å². The molecule has 4 rings (SSSR count). The lowest BCUT2D eigenvalue weighted by Crippen LogP contribution is -2.03. The number of aromatic nitrogens is 3. The highest BCUT2D eigenvalue weighted by Crippen LogP contribution is 2.42. The molecule has 0 amide bonds. The maximum absolute atomic E-state index is 4.86. The van der Waals surface area contributed by atoms with Crippen LogP contribution in [-0.4, -0.2) is 15.0 Å². The molecular weight excluding hydrogens is 236 g/mol. The molecule has 0 atom stereocenters. The van der Waals surface area contributed by atoms with E-state index in [9.17, 15) is 0 Å². The predicted octanol–water partition coefficient (Wildman–Crippen LogP) is 2.33. The molecule has 2 aliphatic rings. The molecule has 1 N–H and O–H groups in total. The summed E-state index contributed by atoms with van der Waals surface area (Å²) in [6.07, 6.45) is 6.24. The average molecular weight is 252 g/mol. The zero-order valence-electron chi connectivity index (χ0n) is 11.0. The summed E-state index contributed by atoms with van der Waals surface area (Å²) in [5, 5.41) is 3.39. The molecule has 0 bridgehead atoms. The van der Waals surface area contributed by atoms with Gasteiger partial charge in [-0.15, -0.1) is 0 Å². The summed E-state index contributed by atoms with van der Waals surface area (Å²) in [5.74, 6) is 1.53. The van der Waals surface area contributed by atoms with Crippen LogP contribution in [0.4, 0.5) is 0 Å². The van der Waals surface area contributed by atoms with Gasteiger partial charge in [-0.05, 0) is 31.4 Å². The molecule has 0 aromatic carbocycles. The van der Waals surface area contributed by atoms with Crippen molar-refractivity contribution < 1.29 is 0 Å². The second-order valence-corrected chi connectivity index (χ2v) is 5.43. The lowest BCUT2D eigenvalue weighted by molar-refractivity contribution is 0.755. The Bertz CT molecular complexity index is 647. The van der Waals surface area contributed by atoms with Crippen molar-refractivity contribution in [3.8, 4) is 11.4 Å². The first-order chi connectivity index (χ1) is 9.33. The fraction of sp³-hybridized carbons (Fsp3) is 0.400. The molecule has 19 heavy (non-hydrogen) atoms. The minimum atomic E-state index is 0.664.